The molecule has 0 fully saturated rings. The Labute approximate surface area is 125 Å². The van der Waals surface area contributed by atoms with Crippen LogP contribution in [0.25, 0.3) is 0 Å². The molecule has 3 N–H and O–H groups in total. The van der Waals surface area contributed by atoms with Crippen LogP contribution in [0.5, 0.6) is 0 Å². The van der Waals surface area contributed by atoms with Crippen LogP contribution in [-0.2, 0) is 4.79 Å². The van der Waals surface area contributed by atoms with Gasteiger partial charge < -0.3 is 15.7 Å². The lowest BCUT2D eigenvalue weighted by Gasteiger charge is -2.21. The first-order valence-corrected chi connectivity index (χ1v) is 7.19. The van der Waals surface area contributed by atoms with E-state index in [1.54, 1.807) is 12.1 Å². The highest BCUT2D eigenvalue weighted by Gasteiger charge is 2.16. The number of aryl methyl sites for hydroxylation is 1. The maximum atomic E-state index is 11.9. The van der Waals surface area contributed by atoms with E-state index in [2.05, 4.69) is 10.6 Å². The summed E-state index contributed by atoms with van der Waals surface area (Å²) in [6.45, 7) is 5.86. The molecule has 116 valence electrons. The zero-order chi connectivity index (χ0) is 15.8. The number of amides is 2. The Morgan fingerprint density at radius 1 is 1.19 bits per heavy atom. The van der Waals surface area contributed by atoms with Gasteiger partial charge in [-0.2, -0.15) is 0 Å². The Morgan fingerprint density at radius 3 is 2.33 bits per heavy atom. The monoisotopic (exact) mass is 292 g/mol. The maximum absolute atomic E-state index is 11.9. The van der Waals surface area contributed by atoms with Crippen LogP contribution in [0, 0.1) is 12.8 Å². The molecule has 21 heavy (non-hydrogen) atoms. The molecule has 1 aromatic rings. The second kappa shape index (κ2) is 8.42. The number of hydrogen-bond donors (Lipinski definition) is 3. The van der Waals surface area contributed by atoms with Crippen LogP contribution in [0.15, 0.2) is 24.3 Å². The number of hydrogen-bond acceptors (Lipinski definition) is 3. The summed E-state index contributed by atoms with van der Waals surface area (Å²) in [4.78, 5) is 23.7. The molecular formula is C16H24N2O3. The minimum atomic E-state index is -0.270. The minimum absolute atomic E-state index is 0.0266. The Hall–Kier alpha value is -1.88. The fourth-order valence-electron chi connectivity index (χ4n) is 1.94. The largest absolute Gasteiger partial charge is 0.396 e. The van der Waals surface area contributed by atoms with Gasteiger partial charge in [-0.15, -0.1) is 0 Å². The van der Waals surface area contributed by atoms with Crippen LogP contribution in [0.3, 0.4) is 0 Å². The average Bonchev–Trinajstić information content (AvgIpc) is 2.45. The molecule has 1 atom stereocenters. The first-order chi connectivity index (χ1) is 9.93. The number of aliphatic hydroxyl groups is 1. The van der Waals surface area contributed by atoms with E-state index in [0.717, 1.165) is 5.56 Å². The number of benzene rings is 1. The molecule has 1 unspecified atom stereocenters. The second-order valence-electron chi connectivity index (χ2n) is 5.48. The van der Waals surface area contributed by atoms with Gasteiger partial charge in [0.05, 0.1) is 6.54 Å². The van der Waals surface area contributed by atoms with E-state index in [1.165, 1.54) is 0 Å². The fraction of sp³-hybridized carbons (Fsp3) is 0.500. The molecule has 0 bridgehead atoms. The van der Waals surface area contributed by atoms with Gasteiger partial charge in [-0.3, -0.25) is 9.59 Å². The standard InChI is InChI=1S/C16H24N2O3/c1-11(2)14(8-9-19)18-15(20)10-17-16(21)13-6-4-12(3)5-7-13/h4-7,11,14,19H,8-10H2,1-3H3,(H,17,21)(H,18,20). The summed E-state index contributed by atoms with van der Waals surface area (Å²) in [5.74, 6) is -0.287. The van der Waals surface area contributed by atoms with Crippen molar-refractivity contribution in [1.82, 2.24) is 10.6 Å². The Morgan fingerprint density at radius 2 is 1.81 bits per heavy atom. The van der Waals surface area contributed by atoms with Crippen LogP contribution in [0.2, 0.25) is 0 Å². The van der Waals surface area contributed by atoms with Gasteiger partial charge in [0.25, 0.3) is 5.91 Å². The Balaban J connectivity index is 2.45. The van der Waals surface area contributed by atoms with Crippen molar-refractivity contribution in [2.24, 2.45) is 5.92 Å². The van der Waals surface area contributed by atoms with Crippen molar-refractivity contribution in [1.29, 1.82) is 0 Å². The summed E-state index contributed by atoms with van der Waals surface area (Å²) >= 11 is 0. The molecule has 2 amide bonds. The van der Waals surface area contributed by atoms with Crippen molar-refractivity contribution in [2.75, 3.05) is 13.2 Å². The summed E-state index contributed by atoms with van der Waals surface area (Å²) in [7, 11) is 0. The topological polar surface area (TPSA) is 78.4 Å². The van der Waals surface area contributed by atoms with Crippen molar-refractivity contribution < 1.29 is 14.7 Å². The summed E-state index contributed by atoms with van der Waals surface area (Å²) in [6, 6.07) is 7.07. The molecule has 0 aromatic heterocycles. The number of aliphatic hydroxyl groups excluding tert-OH is 1. The molecule has 5 nitrogen and oxygen atoms in total. The predicted octanol–water partition coefficient (Wildman–Crippen LogP) is 1.25. The van der Waals surface area contributed by atoms with Gasteiger partial charge in [0.2, 0.25) is 5.91 Å². The molecule has 0 aliphatic heterocycles. The number of carbonyl (C=O) groups excluding carboxylic acids is 2. The number of rotatable bonds is 7. The van der Waals surface area contributed by atoms with E-state index in [-0.39, 0.29) is 36.9 Å². The van der Waals surface area contributed by atoms with E-state index < -0.39 is 0 Å². The molecule has 1 aromatic carbocycles. The van der Waals surface area contributed by atoms with Crippen molar-refractivity contribution in [3.05, 3.63) is 35.4 Å². The number of nitrogens with one attached hydrogen (secondary N) is 2. The third-order valence-electron chi connectivity index (χ3n) is 3.31. The van der Waals surface area contributed by atoms with Gasteiger partial charge in [-0.05, 0) is 31.4 Å². The summed E-state index contributed by atoms with van der Waals surface area (Å²) in [5, 5.41) is 14.4. The lowest BCUT2D eigenvalue weighted by molar-refractivity contribution is -0.121. The first-order valence-electron chi connectivity index (χ1n) is 7.19. The van der Waals surface area contributed by atoms with Gasteiger partial charge in [0.1, 0.15) is 0 Å². The van der Waals surface area contributed by atoms with Gasteiger partial charge >= 0.3 is 0 Å². The van der Waals surface area contributed by atoms with Gasteiger partial charge in [-0.25, -0.2) is 0 Å². The highest BCUT2D eigenvalue weighted by Crippen LogP contribution is 2.05. The summed E-state index contributed by atoms with van der Waals surface area (Å²) < 4.78 is 0. The molecule has 1 rings (SSSR count). The third kappa shape index (κ3) is 5.95. The molecule has 0 aliphatic carbocycles. The van der Waals surface area contributed by atoms with Crippen LogP contribution in [-0.4, -0.2) is 36.1 Å². The van der Waals surface area contributed by atoms with Crippen molar-refractivity contribution in [3.63, 3.8) is 0 Å². The summed E-state index contributed by atoms with van der Waals surface area (Å²) in [6.07, 6.45) is 0.509. The quantitative estimate of drug-likeness (QED) is 0.707. The van der Waals surface area contributed by atoms with E-state index in [0.29, 0.717) is 12.0 Å². The zero-order valence-corrected chi connectivity index (χ0v) is 12.8. The molecule has 5 heteroatoms. The third-order valence-corrected chi connectivity index (χ3v) is 3.31. The molecule has 0 saturated carbocycles. The second-order valence-corrected chi connectivity index (χ2v) is 5.48. The lowest BCUT2D eigenvalue weighted by Crippen LogP contribution is -2.44. The van der Waals surface area contributed by atoms with Gasteiger partial charge in [0.15, 0.2) is 0 Å². The zero-order valence-electron chi connectivity index (χ0n) is 12.8. The van der Waals surface area contributed by atoms with Crippen LogP contribution in [0.4, 0.5) is 0 Å². The fourth-order valence-corrected chi connectivity index (χ4v) is 1.94. The molecule has 0 aliphatic rings. The van der Waals surface area contributed by atoms with Crippen molar-refractivity contribution >= 4 is 11.8 Å². The van der Waals surface area contributed by atoms with E-state index in [9.17, 15) is 9.59 Å². The molecular weight excluding hydrogens is 268 g/mol. The summed E-state index contributed by atoms with van der Waals surface area (Å²) in [5.41, 5.74) is 1.61. The maximum Gasteiger partial charge on any atom is 0.251 e. The van der Waals surface area contributed by atoms with E-state index in [1.807, 2.05) is 32.9 Å². The lowest BCUT2D eigenvalue weighted by atomic mass is 10.0. The number of carbonyl (C=O) groups is 2. The van der Waals surface area contributed by atoms with Gasteiger partial charge in [-0.1, -0.05) is 31.5 Å². The van der Waals surface area contributed by atoms with Crippen LogP contribution in [0.1, 0.15) is 36.2 Å². The minimum Gasteiger partial charge on any atom is -0.396 e. The van der Waals surface area contributed by atoms with Gasteiger partial charge in [0, 0.05) is 18.2 Å². The van der Waals surface area contributed by atoms with Crippen LogP contribution >= 0.6 is 0 Å². The Bertz CT molecular complexity index is 469. The molecule has 0 heterocycles. The van der Waals surface area contributed by atoms with Crippen LogP contribution < -0.4 is 10.6 Å². The van der Waals surface area contributed by atoms with E-state index in [4.69, 9.17) is 5.11 Å². The highest BCUT2D eigenvalue weighted by atomic mass is 16.3. The Kier molecular flexibility index (Phi) is 6.88. The molecule has 0 saturated heterocycles. The van der Waals surface area contributed by atoms with Crippen molar-refractivity contribution in [2.45, 2.75) is 33.2 Å². The van der Waals surface area contributed by atoms with Crippen molar-refractivity contribution in [3.8, 4) is 0 Å². The SMILES string of the molecule is Cc1ccc(C(=O)NCC(=O)NC(CCO)C(C)C)cc1. The molecule has 0 radical (unpaired) electrons. The average molecular weight is 292 g/mol. The first kappa shape index (κ1) is 17.2. The van der Waals surface area contributed by atoms with E-state index >= 15 is 0 Å². The normalized spacial score (nSPS) is 12.0. The smallest absolute Gasteiger partial charge is 0.251 e. The molecule has 0 spiro atoms. The predicted molar refractivity (Wildman–Crippen MR) is 82.0 cm³/mol. The highest BCUT2D eigenvalue weighted by molar-refractivity contribution is 5.96.